The van der Waals surface area contributed by atoms with Gasteiger partial charge in [-0.1, -0.05) is 32.4 Å². The monoisotopic (exact) mass is 200 g/mol. The van der Waals surface area contributed by atoms with E-state index < -0.39 is 0 Å². The van der Waals surface area contributed by atoms with Crippen LogP contribution >= 0.6 is 11.6 Å². The van der Waals surface area contributed by atoms with Crippen molar-refractivity contribution in [2.75, 3.05) is 0 Å². The van der Waals surface area contributed by atoms with Gasteiger partial charge in [-0.15, -0.1) is 0 Å². The smallest absolute Gasteiger partial charge is 0.154 e. The van der Waals surface area contributed by atoms with E-state index in [1.165, 1.54) is 0 Å². The molecule has 0 aliphatic carbocycles. The average molecular weight is 201 g/mol. The fourth-order valence-electron chi connectivity index (χ4n) is 1.14. The lowest BCUT2D eigenvalue weighted by Crippen LogP contribution is -2.10. The van der Waals surface area contributed by atoms with Crippen LogP contribution in [0.5, 0.6) is 0 Å². The number of hydrogen-bond donors (Lipinski definition) is 0. The van der Waals surface area contributed by atoms with Gasteiger partial charge in [0.2, 0.25) is 0 Å². The van der Waals surface area contributed by atoms with Gasteiger partial charge in [-0.25, -0.2) is 0 Å². The summed E-state index contributed by atoms with van der Waals surface area (Å²) in [7, 11) is 0. The van der Waals surface area contributed by atoms with Gasteiger partial charge in [-0.3, -0.25) is 4.68 Å². The lowest BCUT2D eigenvalue weighted by molar-refractivity contribution is 0.528. The molecule has 1 aromatic heterocycles. The Morgan fingerprint density at radius 3 is 2.15 bits per heavy atom. The number of rotatable bonds is 1. The lowest BCUT2D eigenvalue weighted by atomic mass is 9.90. The van der Waals surface area contributed by atoms with Gasteiger partial charge >= 0.3 is 0 Å². The Kier molecular flexibility index (Phi) is 2.71. The van der Waals surface area contributed by atoms with Crippen LogP contribution in [0.2, 0.25) is 5.15 Å². The minimum absolute atomic E-state index is 0.0736. The van der Waals surface area contributed by atoms with Crippen LogP contribution in [0.1, 0.15) is 46.2 Å². The highest BCUT2D eigenvalue weighted by Crippen LogP contribution is 2.29. The van der Waals surface area contributed by atoms with Crippen LogP contribution in [-0.2, 0) is 5.41 Å². The van der Waals surface area contributed by atoms with Crippen LogP contribution in [0, 0.1) is 0 Å². The summed E-state index contributed by atoms with van der Waals surface area (Å²) < 4.78 is 1.91. The molecular weight excluding hydrogens is 184 g/mol. The third-order valence-corrected chi connectivity index (χ3v) is 2.30. The molecular formula is C10H17ClN2. The minimum Gasteiger partial charge on any atom is -0.268 e. The normalized spacial score (nSPS) is 12.5. The topological polar surface area (TPSA) is 17.8 Å². The van der Waals surface area contributed by atoms with E-state index in [4.69, 9.17) is 11.6 Å². The van der Waals surface area contributed by atoms with E-state index in [1.54, 1.807) is 0 Å². The highest BCUT2D eigenvalue weighted by Gasteiger charge is 2.20. The SMILES string of the molecule is CC(C)n1cc(C(C)(C)C)c(Cl)n1. The first-order valence-corrected chi connectivity index (χ1v) is 4.95. The van der Waals surface area contributed by atoms with Crippen molar-refractivity contribution in [2.24, 2.45) is 0 Å². The molecule has 1 rings (SSSR count). The molecule has 0 radical (unpaired) electrons. The van der Waals surface area contributed by atoms with Crippen LogP contribution in [-0.4, -0.2) is 9.78 Å². The van der Waals surface area contributed by atoms with Crippen LogP contribution < -0.4 is 0 Å². The molecule has 0 saturated carbocycles. The molecule has 0 saturated heterocycles. The first-order chi connectivity index (χ1) is 5.82. The highest BCUT2D eigenvalue weighted by molar-refractivity contribution is 6.30. The van der Waals surface area contributed by atoms with Gasteiger partial charge in [0.25, 0.3) is 0 Å². The zero-order chi connectivity index (χ0) is 10.2. The Bertz CT molecular complexity index is 294. The third kappa shape index (κ3) is 2.25. The van der Waals surface area contributed by atoms with Crippen molar-refractivity contribution < 1.29 is 0 Å². The lowest BCUT2D eigenvalue weighted by Gasteiger charge is -2.16. The molecule has 1 heterocycles. The molecule has 0 aromatic carbocycles. The van der Waals surface area contributed by atoms with Gasteiger partial charge in [0, 0.05) is 17.8 Å². The molecule has 13 heavy (non-hydrogen) atoms. The maximum atomic E-state index is 6.04. The summed E-state index contributed by atoms with van der Waals surface area (Å²) in [5.74, 6) is 0. The molecule has 0 N–H and O–H groups in total. The van der Waals surface area contributed by atoms with E-state index in [0.29, 0.717) is 11.2 Å². The standard InChI is InChI=1S/C10H17ClN2/c1-7(2)13-6-8(9(11)12-13)10(3,4)5/h6-7H,1-5H3. The van der Waals surface area contributed by atoms with E-state index in [1.807, 2.05) is 10.9 Å². The maximum Gasteiger partial charge on any atom is 0.154 e. The summed E-state index contributed by atoms with van der Waals surface area (Å²) in [5, 5.41) is 4.88. The molecule has 3 heteroatoms. The summed E-state index contributed by atoms with van der Waals surface area (Å²) in [6, 6.07) is 0.369. The zero-order valence-electron chi connectivity index (χ0n) is 8.93. The average Bonchev–Trinajstić information content (AvgIpc) is 2.29. The molecule has 0 aliphatic heterocycles. The second-order valence-corrected chi connectivity index (χ2v) is 5.02. The van der Waals surface area contributed by atoms with Crippen LogP contribution in [0.15, 0.2) is 6.20 Å². The Hall–Kier alpha value is -0.500. The molecule has 1 aromatic rings. The minimum atomic E-state index is 0.0736. The van der Waals surface area contributed by atoms with Crippen molar-refractivity contribution in [3.8, 4) is 0 Å². The predicted molar refractivity (Wildman–Crippen MR) is 56.3 cm³/mol. The van der Waals surface area contributed by atoms with Crippen molar-refractivity contribution in [1.82, 2.24) is 9.78 Å². The van der Waals surface area contributed by atoms with Gasteiger partial charge in [0.15, 0.2) is 5.15 Å². The molecule has 0 fully saturated rings. The Labute approximate surface area is 84.9 Å². The van der Waals surface area contributed by atoms with Crippen molar-refractivity contribution >= 4 is 11.6 Å². The second kappa shape index (κ2) is 3.33. The van der Waals surface area contributed by atoms with Crippen LogP contribution in [0.4, 0.5) is 0 Å². The molecule has 0 aliphatic rings. The predicted octanol–water partition coefficient (Wildman–Crippen LogP) is 3.41. The largest absolute Gasteiger partial charge is 0.268 e. The van der Waals surface area contributed by atoms with E-state index in [-0.39, 0.29) is 5.41 Å². The molecule has 0 unspecified atom stereocenters. The van der Waals surface area contributed by atoms with E-state index >= 15 is 0 Å². The van der Waals surface area contributed by atoms with Gasteiger partial charge in [-0.2, -0.15) is 5.10 Å². The Morgan fingerprint density at radius 1 is 1.38 bits per heavy atom. The number of aromatic nitrogens is 2. The third-order valence-electron chi connectivity index (χ3n) is 2.02. The summed E-state index contributed by atoms with van der Waals surface area (Å²) in [6.45, 7) is 10.6. The summed E-state index contributed by atoms with van der Waals surface area (Å²) in [4.78, 5) is 0. The fourth-order valence-corrected chi connectivity index (χ4v) is 1.56. The molecule has 2 nitrogen and oxygen atoms in total. The number of halogens is 1. The molecule has 0 atom stereocenters. The first-order valence-electron chi connectivity index (χ1n) is 4.57. The molecule has 0 spiro atoms. The Balaban J connectivity index is 3.11. The second-order valence-electron chi connectivity index (χ2n) is 4.66. The number of hydrogen-bond acceptors (Lipinski definition) is 1. The molecule has 0 bridgehead atoms. The quantitative estimate of drug-likeness (QED) is 0.680. The molecule has 74 valence electrons. The maximum absolute atomic E-state index is 6.04. The highest BCUT2D eigenvalue weighted by atomic mass is 35.5. The van der Waals surface area contributed by atoms with Gasteiger partial charge < -0.3 is 0 Å². The Morgan fingerprint density at radius 2 is 1.92 bits per heavy atom. The van der Waals surface area contributed by atoms with E-state index in [9.17, 15) is 0 Å². The van der Waals surface area contributed by atoms with E-state index in [0.717, 1.165) is 5.56 Å². The van der Waals surface area contributed by atoms with Crippen molar-refractivity contribution in [1.29, 1.82) is 0 Å². The summed E-state index contributed by atoms with van der Waals surface area (Å²) in [5.41, 5.74) is 1.19. The van der Waals surface area contributed by atoms with Crippen molar-refractivity contribution in [3.05, 3.63) is 16.9 Å². The van der Waals surface area contributed by atoms with Gasteiger partial charge in [-0.05, 0) is 19.3 Å². The van der Waals surface area contributed by atoms with Crippen LogP contribution in [0.3, 0.4) is 0 Å². The van der Waals surface area contributed by atoms with Crippen molar-refractivity contribution in [2.45, 2.75) is 46.1 Å². The number of nitrogens with zero attached hydrogens (tertiary/aromatic N) is 2. The van der Waals surface area contributed by atoms with Crippen LogP contribution in [0.25, 0.3) is 0 Å². The first kappa shape index (κ1) is 10.6. The van der Waals surface area contributed by atoms with Gasteiger partial charge in [0.1, 0.15) is 0 Å². The van der Waals surface area contributed by atoms with Crippen molar-refractivity contribution in [3.63, 3.8) is 0 Å². The fraction of sp³-hybridized carbons (Fsp3) is 0.700. The molecule has 0 amide bonds. The van der Waals surface area contributed by atoms with E-state index in [2.05, 4.69) is 39.7 Å². The summed E-state index contributed by atoms with van der Waals surface area (Å²) in [6.07, 6.45) is 2.03. The summed E-state index contributed by atoms with van der Waals surface area (Å²) >= 11 is 6.04. The van der Waals surface area contributed by atoms with Gasteiger partial charge in [0.05, 0.1) is 0 Å². The zero-order valence-corrected chi connectivity index (χ0v) is 9.68.